The number of aryl methyl sites for hydroxylation is 1. The van der Waals surface area contributed by atoms with Crippen molar-refractivity contribution in [2.45, 2.75) is 6.92 Å². The summed E-state index contributed by atoms with van der Waals surface area (Å²) < 4.78 is 1.23. The van der Waals surface area contributed by atoms with Gasteiger partial charge in [0.2, 0.25) is 0 Å². The summed E-state index contributed by atoms with van der Waals surface area (Å²) >= 11 is 1.73. The molecule has 78 valence electrons. The fourth-order valence-electron chi connectivity index (χ4n) is 1.75. The first-order chi connectivity index (χ1) is 7.84. The highest BCUT2D eigenvalue weighted by Crippen LogP contribution is 2.32. The minimum Gasteiger partial charge on any atom is -0.265 e. The highest BCUT2D eigenvalue weighted by atomic mass is 32.1. The molecular formula is C13H10N2S. The molecule has 3 aromatic heterocycles. The van der Waals surface area contributed by atoms with Crippen molar-refractivity contribution < 1.29 is 0 Å². The van der Waals surface area contributed by atoms with E-state index in [0.717, 1.165) is 11.2 Å². The highest BCUT2D eigenvalue weighted by Gasteiger charge is 2.07. The fourth-order valence-corrected chi connectivity index (χ4v) is 2.65. The topological polar surface area (TPSA) is 25.8 Å². The van der Waals surface area contributed by atoms with Crippen LogP contribution in [0.25, 0.3) is 21.3 Å². The molecule has 0 fully saturated rings. The van der Waals surface area contributed by atoms with Crippen molar-refractivity contribution in [2.24, 2.45) is 0 Å². The molecule has 0 saturated heterocycles. The van der Waals surface area contributed by atoms with Crippen molar-refractivity contribution in [3.63, 3.8) is 0 Å². The minimum atomic E-state index is 1.06. The summed E-state index contributed by atoms with van der Waals surface area (Å²) in [4.78, 5) is 8.64. The minimum absolute atomic E-state index is 1.06. The van der Waals surface area contributed by atoms with Gasteiger partial charge in [0.15, 0.2) is 0 Å². The maximum atomic E-state index is 4.60. The van der Waals surface area contributed by atoms with Crippen LogP contribution in [0.4, 0.5) is 0 Å². The SMILES string of the molecule is Cc1ccc2scc(-c3ccncc3)c2n1. The Bertz CT molecular complexity index is 629. The van der Waals surface area contributed by atoms with Crippen LogP contribution in [0.15, 0.2) is 42.0 Å². The maximum absolute atomic E-state index is 4.60. The molecule has 0 unspecified atom stereocenters. The normalized spacial score (nSPS) is 10.8. The second kappa shape index (κ2) is 3.68. The van der Waals surface area contributed by atoms with Gasteiger partial charge in [0.25, 0.3) is 0 Å². The molecule has 3 heteroatoms. The summed E-state index contributed by atoms with van der Waals surface area (Å²) in [5, 5.41) is 2.16. The highest BCUT2D eigenvalue weighted by molar-refractivity contribution is 7.17. The molecule has 0 N–H and O–H groups in total. The lowest BCUT2D eigenvalue weighted by molar-refractivity contribution is 1.26. The van der Waals surface area contributed by atoms with Gasteiger partial charge in [-0.3, -0.25) is 9.97 Å². The molecule has 0 amide bonds. The first-order valence-corrected chi connectivity index (χ1v) is 5.98. The Morgan fingerprint density at radius 1 is 1.06 bits per heavy atom. The van der Waals surface area contributed by atoms with Crippen LogP contribution in [0.2, 0.25) is 0 Å². The van der Waals surface area contributed by atoms with Crippen LogP contribution in [-0.4, -0.2) is 9.97 Å². The van der Waals surface area contributed by atoms with Crippen LogP contribution in [0.3, 0.4) is 0 Å². The first-order valence-electron chi connectivity index (χ1n) is 5.10. The zero-order valence-electron chi connectivity index (χ0n) is 8.84. The summed E-state index contributed by atoms with van der Waals surface area (Å²) in [7, 11) is 0. The lowest BCUT2D eigenvalue weighted by atomic mass is 10.1. The lowest BCUT2D eigenvalue weighted by Crippen LogP contribution is -1.82. The van der Waals surface area contributed by atoms with Crippen molar-refractivity contribution in [1.82, 2.24) is 9.97 Å². The number of nitrogens with zero attached hydrogens (tertiary/aromatic N) is 2. The molecule has 3 heterocycles. The smallest absolute Gasteiger partial charge is 0.0891 e. The van der Waals surface area contributed by atoms with Gasteiger partial charge in [-0.05, 0) is 36.8 Å². The molecule has 0 bridgehead atoms. The van der Waals surface area contributed by atoms with E-state index in [-0.39, 0.29) is 0 Å². The number of hydrogen-bond donors (Lipinski definition) is 0. The molecule has 2 nitrogen and oxygen atoms in total. The van der Waals surface area contributed by atoms with Gasteiger partial charge >= 0.3 is 0 Å². The second-order valence-corrected chi connectivity index (χ2v) is 4.60. The summed E-state index contributed by atoms with van der Waals surface area (Å²) in [6, 6.07) is 8.22. The number of pyridine rings is 2. The van der Waals surface area contributed by atoms with Gasteiger partial charge in [-0.25, -0.2) is 0 Å². The third-order valence-corrected chi connectivity index (χ3v) is 3.48. The van der Waals surface area contributed by atoms with E-state index in [2.05, 4.69) is 27.5 Å². The fraction of sp³-hybridized carbons (Fsp3) is 0.0769. The maximum Gasteiger partial charge on any atom is 0.0891 e. The Morgan fingerprint density at radius 2 is 1.88 bits per heavy atom. The van der Waals surface area contributed by atoms with Crippen LogP contribution < -0.4 is 0 Å². The molecular weight excluding hydrogens is 216 g/mol. The van der Waals surface area contributed by atoms with Crippen LogP contribution in [0.1, 0.15) is 5.69 Å². The number of aromatic nitrogens is 2. The zero-order chi connectivity index (χ0) is 11.0. The average molecular weight is 226 g/mol. The Morgan fingerprint density at radius 3 is 2.69 bits per heavy atom. The molecule has 0 aliphatic rings. The van der Waals surface area contributed by atoms with E-state index in [1.54, 1.807) is 11.3 Å². The molecule has 16 heavy (non-hydrogen) atoms. The van der Waals surface area contributed by atoms with E-state index in [9.17, 15) is 0 Å². The van der Waals surface area contributed by atoms with Crippen LogP contribution in [-0.2, 0) is 0 Å². The molecule has 0 aliphatic heterocycles. The molecule has 0 atom stereocenters. The summed E-state index contributed by atoms with van der Waals surface area (Å²) in [5.74, 6) is 0. The van der Waals surface area contributed by atoms with Gasteiger partial charge in [-0.15, -0.1) is 11.3 Å². The van der Waals surface area contributed by atoms with Crippen molar-refractivity contribution in [2.75, 3.05) is 0 Å². The van der Waals surface area contributed by atoms with Gasteiger partial charge in [-0.1, -0.05) is 0 Å². The first kappa shape index (κ1) is 9.48. The Kier molecular flexibility index (Phi) is 2.18. The molecule has 3 rings (SSSR count). The van der Waals surface area contributed by atoms with Crippen LogP contribution in [0, 0.1) is 6.92 Å². The second-order valence-electron chi connectivity index (χ2n) is 3.68. The monoisotopic (exact) mass is 226 g/mol. The molecule has 0 saturated carbocycles. The predicted octanol–water partition coefficient (Wildman–Crippen LogP) is 3.67. The molecule has 0 radical (unpaired) electrons. The van der Waals surface area contributed by atoms with Crippen LogP contribution in [0.5, 0.6) is 0 Å². The van der Waals surface area contributed by atoms with Gasteiger partial charge in [0.1, 0.15) is 0 Å². The van der Waals surface area contributed by atoms with Crippen molar-refractivity contribution in [3.8, 4) is 11.1 Å². The summed E-state index contributed by atoms with van der Waals surface area (Å²) in [5.41, 5.74) is 4.53. The number of rotatable bonds is 1. The number of thiophene rings is 1. The van der Waals surface area contributed by atoms with Gasteiger partial charge < -0.3 is 0 Å². The van der Waals surface area contributed by atoms with E-state index >= 15 is 0 Å². The van der Waals surface area contributed by atoms with Gasteiger partial charge in [-0.2, -0.15) is 0 Å². The van der Waals surface area contributed by atoms with Gasteiger partial charge in [0.05, 0.1) is 10.2 Å². The Labute approximate surface area is 97.6 Å². The molecule has 0 spiro atoms. The summed E-state index contributed by atoms with van der Waals surface area (Å²) in [6.45, 7) is 2.02. The van der Waals surface area contributed by atoms with Crippen molar-refractivity contribution >= 4 is 21.6 Å². The van der Waals surface area contributed by atoms with E-state index in [4.69, 9.17) is 0 Å². The molecule has 0 aromatic carbocycles. The molecule has 0 aliphatic carbocycles. The van der Waals surface area contributed by atoms with Crippen molar-refractivity contribution in [1.29, 1.82) is 0 Å². The predicted molar refractivity (Wildman–Crippen MR) is 67.6 cm³/mol. The van der Waals surface area contributed by atoms with Crippen LogP contribution >= 0.6 is 11.3 Å². The standard InChI is InChI=1S/C13H10N2S/c1-9-2-3-12-13(15-9)11(8-16-12)10-4-6-14-7-5-10/h2-8H,1H3. The Hall–Kier alpha value is -1.74. The lowest BCUT2D eigenvalue weighted by Gasteiger charge is -1.98. The van der Waals surface area contributed by atoms with Gasteiger partial charge in [0, 0.05) is 29.0 Å². The third kappa shape index (κ3) is 1.49. The largest absolute Gasteiger partial charge is 0.265 e. The van der Waals surface area contributed by atoms with E-state index in [1.165, 1.54) is 15.8 Å². The molecule has 3 aromatic rings. The third-order valence-electron chi connectivity index (χ3n) is 2.55. The van der Waals surface area contributed by atoms with Crippen molar-refractivity contribution in [3.05, 3.63) is 47.7 Å². The van der Waals surface area contributed by atoms with E-state index in [0.29, 0.717) is 0 Å². The summed E-state index contributed by atoms with van der Waals surface area (Å²) in [6.07, 6.45) is 3.63. The Balaban J connectivity index is 2.29. The number of fused-ring (bicyclic) bond motifs is 1. The average Bonchev–Trinajstić information content (AvgIpc) is 2.73. The zero-order valence-corrected chi connectivity index (χ0v) is 9.66. The van der Waals surface area contributed by atoms with E-state index in [1.807, 2.05) is 31.5 Å². The van der Waals surface area contributed by atoms with E-state index < -0.39 is 0 Å². The quantitative estimate of drug-likeness (QED) is 0.632. The number of hydrogen-bond acceptors (Lipinski definition) is 3.